The van der Waals surface area contributed by atoms with E-state index in [0.29, 0.717) is 0 Å². The first-order chi connectivity index (χ1) is 9.13. The molecule has 2 rings (SSSR count). The second-order valence-electron chi connectivity index (χ2n) is 4.42. The van der Waals surface area contributed by atoms with Crippen LogP contribution >= 0.6 is 0 Å². The third-order valence-corrected chi connectivity index (χ3v) is 3.18. The van der Waals surface area contributed by atoms with E-state index < -0.39 is 0 Å². The van der Waals surface area contributed by atoms with E-state index in [-0.39, 0.29) is 5.88 Å². The third-order valence-electron chi connectivity index (χ3n) is 3.18. The summed E-state index contributed by atoms with van der Waals surface area (Å²) < 4.78 is 0. The highest BCUT2D eigenvalue weighted by Gasteiger charge is 2.17. The summed E-state index contributed by atoms with van der Waals surface area (Å²) in [4.78, 5) is 18.4. The molecule has 0 fully saturated rings. The Kier molecular flexibility index (Phi) is 3.85. The van der Waals surface area contributed by atoms with Gasteiger partial charge in [-0.1, -0.05) is 6.08 Å². The highest BCUT2D eigenvalue weighted by molar-refractivity contribution is 5.58. The number of allylic oxidation sites excluding steroid dienone is 3. The standard InChI is InChI=1S/C14H17N3O2/c1-16(10-18)12-5-3-4-6-13(12)17(2)11-7-8-14(19)15-9-11/h3,5,7-10H,4,6H2,1-2H3,(H,15,19). The summed E-state index contributed by atoms with van der Waals surface area (Å²) in [6, 6.07) is 3.35. The molecular weight excluding hydrogens is 242 g/mol. The molecule has 1 aromatic rings. The largest absolute Gasteiger partial charge is 0.493 e. The van der Waals surface area contributed by atoms with Crippen LogP contribution in [-0.2, 0) is 4.79 Å². The highest BCUT2D eigenvalue weighted by Crippen LogP contribution is 2.27. The van der Waals surface area contributed by atoms with Crippen molar-refractivity contribution in [2.75, 3.05) is 19.0 Å². The number of hydrogen-bond acceptors (Lipinski definition) is 4. The third kappa shape index (κ3) is 2.76. The van der Waals surface area contributed by atoms with E-state index in [1.807, 2.05) is 18.0 Å². The second-order valence-corrected chi connectivity index (χ2v) is 4.42. The van der Waals surface area contributed by atoms with Gasteiger partial charge >= 0.3 is 0 Å². The van der Waals surface area contributed by atoms with Gasteiger partial charge in [0.1, 0.15) is 0 Å². The lowest BCUT2D eigenvalue weighted by Crippen LogP contribution is -2.26. The molecule has 0 radical (unpaired) electrons. The van der Waals surface area contributed by atoms with Crippen LogP contribution in [0.1, 0.15) is 12.8 Å². The number of anilines is 1. The number of rotatable bonds is 4. The fourth-order valence-electron chi connectivity index (χ4n) is 2.09. The van der Waals surface area contributed by atoms with Crippen LogP contribution in [0.5, 0.6) is 5.88 Å². The lowest BCUT2D eigenvalue weighted by Gasteiger charge is -2.29. The van der Waals surface area contributed by atoms with Gasteiger partial charge < -0.3 is 14.9 Å². The first-order valence-corrected chi connectivity index (χ1v) is 6.10. The molecule has 1 aromatic heterocycles. The Bertz CT molecular complexity index is 520. The molecule has 1 heterocycles. The monoisotopic (exact) mass is 259 g/mol. The van der Waals surface area contributed by atoms with Crippen molar-refractivity contribution in [3.8, 4) is 5.88 Å². The smallest absolute Gasteiger partial charge is 0.213 e. The summed E-state index contributed by atoms with van der Waals surface area (Å²) in [5.74, 6) is -0.0000902. The van der Waals surface area contributed by atoms with Gasteiger partial charge in [-0.05, 0) is 25.0 Å². The zero-order chi connectivity index (χ0) is 13.8. The lowest BCUT2D eigenvalue weighted by molar-refractivity contribution is -0.115. The van der Waals surface area contributed by atoms with Gasteiger partial charge in [0.05, 0.1) is 17.6 Å². The second kappa shape index (κ2) is 5.56. The number of amides is 1. The van der Waals surface area contributed by atoms with Gasteiger partial charge in [0.25, 0.3) is 0 Å². The van der Waals surface area contributed by atoms with Gasteiger partial charge in [-0.2, -0.15) is 0 Å². The summed E-state index contributed by atoms with van der Waals surface area (Å²) >= 11 is 0. The van der Waals surface area contributed by atoms with Crippen LogP contribution in [0.2, 0.25) is 0 Å². The van der Waals surface area contributed by atoms with Gasteiger partial charge in [-0.3, -0.25) is 4.79 Å². The van der Waals surface area contributed by atoms with E-state index in [4.69, 9.17) is 0 Å². The number of likely N-dealkylation sites (N-methyl/N-ethyl adjacent to an activating group) is 1. The number of aromatic hydroxyl groups is 1. The van der Waals surface area contributed by atoms with Crippen LogP contribution < -0.4 is 4.90 Å². The van der Waals surface area contributed by atoms with Gasteiger partial charge in [0, 0.05) is 25.9 Å². The van der Waals surface area contributed by atoms with Crippen molar-refractivity contribution in [2.45, 2.75) is 12.8 Å². The van der Waals surface area contributed by atoms with E-state index in [9.17, 15) is 9.90 Å². The molecule has 0 aromatic carbocycles. The van der Waals surface area contributed by atoms with Crippen molar-refractivity contribution in [3.05, 3.63) is 41.9 Å². The molecule has 0 saturated heterocycles. The lowest BCUT2D eigenvalue weighted by atomic mass is 10.1. The van der Waals surface area contributed by atoms with Crippen molar-refractivity contribution in [2.24, 2.45) is 0 Å². The quantitative estimate of drug-likeness (QED) is 0.839. The maximum atomic E-state index is 10.9. The van der Waals surface area contributed by atoms with Crippen molar-refractivity contribution in [1.29, 1.82) is 0 Å². The molecule has 1 amide bonds. The van der Waals surface area contributed by atoms with Crippen molar-refractivity contribution >= 4 is 12.1 Å². The van der Waals surface area contributed by atoms with Gasteiger partial charge in [-0.25, -0.2) is 4.98 Å². The summed E-state index contributed by atoms with van der Waals surface area (Å²) in [6.45, 7) is 0. The summed E-state index contributed by atoms with van der Waals surface area (Å²) in [5, 5.41) is 9.22. The SMILES string of the molecule is CN(C=O)C1=C(N(C)c2ccc(O)nc2)CCC=C1. The summed E-state index contributed by atoms with van der Waals surface area (Å²) in [5.41, 5.74) is 2.82. The molecule has 0 atom stereocenters. The number of carbonyl (C=O) groups is 1. The molecule has 100 valence electrons. The fraction of sp³-hybridized carbons (Fsp3) is 0.286. The van der Waals surface area contributed by atoms with E-state index in [2.05, 4.69) is 11.1 Å². The predicted molar refractivity (Wildman–Crippen MR) is 73.5 cm³/mol. The number of pyridine rings is 1. The Labute approximate surface area is 112 Å². The Morgan fingerprint density at radius 1 is 1.37 bits per heavy atom. The van der Waals surface area contributed by atoms with Crippen LogP contribution in [-0.4, -0.2) is 35.5 Å². The topological polar surface area (TPSA) is 56.7 Å². The van der Waals surface area contributed by atoms with Crippen LogP contribution in [0.4, 0.5) is 5.69 Å². The molecule has 5 nitrogen and oxygen atoms in total. The minimum Gasteiger partial charge on any atom is -0.493 e. The van der Waals surface area contributed by atoms with E-state index in [0.717, 1.165) is 36.3 Å². The molecule has 1 aliphatic carbocycles. The molecule has 5 heteroatoms. The summed E-state index contributed by atoms with van der Waals surface area (Å²) in [6.07, 6.45) is 8.23. The zero-order valence-electron chi connectivity index (χ0n) is 11.1. The molecule has 0 spiro atoms. The molecule has 0 unspecified atom stereocenters. The molecule has 0 bridgehead atoms. The van der Waals surface area contributed by atoms with Crippen LogP contribution in [0.15, 0.2) is 41.9 Å². The molecule has 1 aliphatic rings. The molecule has 1 N–H and O–H groups in total. The minimum absolute atomic E-state index is 0.0000902. The van der Waals surface area contributed by atoms with Crippen molar-refractivity contribution < 1.29 is 9.90 Å². The van der Waals surface area contributed by atoms with Crippen molar-refractivity contribution in [1.82, 2.24) is 9.88 Å². The number of carbonyl (C=O) groups excluding carboxylic acids is 1. The Hall–Kier alpha value is -2.30. The first kappa shape index (κ1) is 13.1. The minimum atomic E-state index is -0.0000902. The molecule has 19 heavy (non-hydrogen) atoms. The zero-order valence-corrected chi connectivity index (χ0v) is 11.1. The van der Waals surface area contributed by atoms with E-state index >= 15 is 0 Å². The van der Waals surface area contributed by atoms with Gasteiger partial charge in [0.2, 0.25) is 12.3 Å². The van der Waals surface area contributed by atoms with Gasteiger partial charge in [-0.15, -0.1) is 0 Å². The maximum absolute atomic E-state index is 10.9. The van der Waals surface area contributed by atoms with Crippen molar-refractivity contribution in [3.63, 3.8) is 0 Å². The Balaban J connectivity index is 2.36. The highest BCUT2D eigenvalue weighted by atomic mass is 16.3. The Morgan fingerprint density at radius 3 is 2.79 bits per heavy atom. The Morgan fingerprint density at radius 2 is 2.16 bits per heavy atom. The first-order valence-electron chi connectivity index (χ1n) is 6.10. The summed E-state index contributed by atoms with van der Waals surface area (Å²) in [7, 11) is 3.67. The number of aromatic nitrogens is 1. The maximum Gasteiger partial charge on any atom is 0.213 e. The normalized spacial score (nSPS) is 14.4. The van der Waals surface area contributed by atoms with Gasteiger partial charge in [0.15, 0.2) is 0 Å². The average molecular weight is 259 g/mol. The van der Waals surface area contributed by atoms with Crippen LogP contribution in [0.3, 0.4) is 0 Å². The van der Waals surface area contributed by atoms with Crippen LogP contribution in [0.25, 0.3) is 0 Å². The molecule has 0 aliphatic heterocycles. The number of nitrogens with zero attached hydrogens (tertiary/aromatic N) is 3. The molecular formula is C14H17N3O2. The van der Waals surface area contributed by atoms with E-state index in [1.54, 1.807) is 30.3 Å². The fourth-order valence-corrected chi connectivity index (χ4v) is 2.09. The average Bonchev–Trinajstić information content (AvgIpc) is 2.46. The predicted octanol–water partition coefficient (Wildman–Crippen LogP) is 1.87. The van der Waals surface area contributed by atoms with E-state index in [1.165, 1.54) is 0 Å². The van der Waals surface area contributed by atoms with Crippen LogP contribution in [0, 0.1) is 0 Å². The molecule has 0 saturated carbocycles. The number of hydrogen-bond donors (Lipinski definition) is 1.